The third-order valence-corrected chi connectivity index (χ3v) is 4.53. The molecular weight excluding hydrogens is 252 g/mol. The monoisotopic (exact) mass is 266 g/mol. The Kier molecular flexibility index (Phi) is 2.69. The number of fused-ring (bicyclic) bond motifs is 1. The molecule has 0 aromatic carbocycles. The predicted molar refractivity (Wildman–Crippen MR) is 59.2 cm³/mol. The maximum Gasteiger partial charge on any atom is 0.317 e. The predicted octanol–water partition coefficient (Wildman–Crippen LogP) is 0.438. The molecule has 1 aliphatic carbocycles. The van der Waals surface area contributed by atoms with E-state index >= 15 is 0 Å². The first-order valence-electron chi connectivity index (χ1n) is 6.47. The molecule has 0 N–H and O–H groups in total. The Morgan fingerprint density at radius 3 is 2.21 bits per heavy atom. The molecule has 102 valence electrons. The fourth-order valence-corrected chi connectivity index (χ4v) is 3.65. The van der Waals surface area contributed by atoms with Crippen molar-refractivity contribution < 1.29 is 28.7 Å². The maximum absolute atomic E-state index is 11.6. The fraction of sp³-hybridized carbons (Fsp3) is 0.692. The van der Waals surface area contributed by atoms with Gasteiger partial charge in [-0.05, 0) is 24.7 Å². The maximum atomic E-state index is 11.6. The highest BCUT2D eigenvalue weighted by Gasteiger charge is 2.53. The molecule has 3 fully saturated rings. The average molecular weight is 266 g/mol. The van der Waals surface area contributed by atoms with Gasteiger partial charge >= 0.3 is 23.9 Å². The molecular formula is C13H14O6. The van der Waals surface area contributed by atoms with Crippen LogP contribution in [0.25, 0.3) is 0 Å². The van der Waals surface area contributed by atoms with Crippen LogP contribution < -0.4 is 0 Å². The van der Waals surface area contributed by atoms with E-state index in [0.29, 0.717) is 12.8 Å². The first kappa shape index (κ1) is 12.3. The number of cyclic esters (lactones) is 4. The van der Waals surface area contributed by atoms with Crippen LogP contribution >= 0.6 is 0 Å². The molecule has 0 spiro atoms. The Bertz CT molecular complexity index is 482. The molecule has 5 unspecified atom stereocenters. The molecule has 0 bridgehead atoms. The molecule has 5 atom stereocenters. The number of carbonyl (C=O) groups is 4. The van der Waals surface area contributed by atoms with Gasteiger partial charge in [-0.3, -0.25) is 19.2 Å². The van der Waals surface area contributed by atoms with Gasteiger partial charge in [-0.2, -0.15) is 0 Å². The molecule has 2 aliphatic heterocycles. The van der Waals surface area contributed by atoms with Crippen LogP contribution in [0, 0.1) is 29.6 Å². The summed E-state index contributed by atoms with van der Waals surface area (Å²) in [7, 11) is 0. The Morgan fingerprint density at radius 2 is 1.58 bits per heavy atom. The van der Waals surface area contributed by atoms with E-state index in [1.165, 1.54) is 0 Å². The lowest BCUT2D eigenvalue weighted by molar-refractivity contribution is -0.156. The van der Waals surface area contributed by atoms with Gasteiger partial charge in [0.25, 0.3) is 0 Å². The highest BCUT2D eigenvalue weighted by molar-refractivity contribution is 5.97. The van der Waals surface area contributed by atoms with E-state index in [-0.39, 0.29) is 18.3 Å². The molecule has 6 nitrogen and oxygen atoms in total. The number of hydrogen-bond donors (Lipinski definition) is 0. The van der Waals surface area contributed by atoms with Gasteiger partial charge in [-0.1, -0.05) is 6.92 Å². The SMILES string of the molecule is CC1CC(C2CC(=O)OC2=O)CC2C(=O)OC(=O)C12. The first-order chi connectivity index (χ1) is 8.97. The van der Waals surface area contributed by atoms with Crippen molar-refractivity contribution in [2.24, 2.45) is 29.6 Å². The first-order valence-corrected chi connectivity index (χ1v) is 6.47. The number of ether oxygens (including phenoxy) is 2. The van der Waals surface area contributed by atoms with E-state index in [0.717, 1.165) is 0 Å². The van der Waals surface area contributed by atoms with Crippen molar-refractivity contribution in [3.8, 4) is 0 Å². The standard InChI is InChI=1S/C13H14O6/c1-5-2-6(7-4-9(14)18-11(7)15)3-8-10(5)13(17)19-12(8)16/h5-8,10H,2-4H2,1H3. The minimum Gasteiger partial charge on any atom is -0.393 e. The van der Waals surface area contributed by atoms with Gasteiger partial charge in [0.15, 0.2) is 0 Å². The molecule has 3 rings (SSSR count). The summed E-state index contributed by atoms with van der Waals surface area (Å²) >= 11 is 0. The van der Waals surface area contributed by atoms with Crippen molar-refractivity contribution in [1.82, 2.24) is 0 Å². The van der Waals surface area contributed by atoms with Crippen molar-refractivity contribution >= 4 is 23.9 Å². The van der Waals surface area contributed by atoms with Crippen molar-refractivity contribution in [2.75, 3.05) is 0 Å². The lowest BCUT2D eigenvalue weighted by atomic mass is 9.66. The highest BCUT2D eigenvalue weighted by atomic mass is 16.6. The lowest BCUT2D eigenvalue weighted by Crippen LogP contribution is -2.37. The average Bonchev–Trinajstić information content (AvgIpc) is 2.80. The molecule has 2 heterocycles. The Hall–Kier alpha value is -1.72. The smallest absolute Gasteiger partial charge is 0.317 e. The summed E-state index contributed by atoms with van der Waals surface area (Å²) in [6, 6.07) is 0. The van der Waals surface area contributed by atoms with Crippen LogP contribution in [0.3, 0.4) is 0 Å². The molecule has 6 heteroatoms. The molecule has 1 saturated carbocycles. The Labute approximate surface area is 109 Å². The third-order valence-electron chi connectivity index (χ3n) is 4.53. The van der Waals surface area contributed by atoms with Crippen LogP contribution in [0.4, 0.5) is 0 Å². The van der Waals surface area contributed by atoms with Crippen LogP contribution in [0.5, 0.6) is 0 Å². The topological polar surface area (TPSA) is 86.7 Å². The number of esters is 4. The van der Waals surface area contributed by atoms with Crippen molar-refractivity contribution in [1.29, 1.82) is 0 Å². The van der Waals surface area contributed by atoms with E-state index in [4.69, 9.17) is 0 Å². The lowest BCUT2D eigenvalue weighted by Gasteiger charge is -2.34. The van der Waals surface area contributed by atoms with Crippen molar-refractivity contribution in [3.63, 3.8) is 0 Å². The summed E-state index contributed by atoms with van der Waals surface area (Å²) in [4.78, 5) is 46.0. The van der Waals surface area contributed by atoms with Crippen LogP contribution in [0.1, 0.15) is 26.2 Å². The van der Waals surface area contributed by atoms with Gasteiger partial charge in [0.1, 0.15) is 0 Å². The quantitative estimate of drug-likeness (QED) is 0.505. The van der Waals surface area contributed by atoms with Crippen molar-refractivity contribution in [2.45, 2.75) is 26.2 Å². The molecule has 0 radical (unpaired) electrons. The number of carbonyl (C=O) groups excluding carboxylic acids is 4. The van der Waals surface area contributed by atoms with Gasteiger partial charge in [-0.25, -0.2) is 0 Å². The zero-order chi connectivity index (χ0) is 13.7. The second-order valence-electron chi connectivity index (χ2n) is 5.68. The number of hydrogen-bond acceptors (Lipinski definition) is 6. The van der Waals surface area contributed by atoms with Gasteiger partial charge in [0.2, 0.25) is 0 Å². The summed E-state index contributed by atoms with van der Waals surface area (Å²) in [6.07, 6.45) is 1.14. The fourth-order valence-electron chi connectivity index (χ4n) is 3.65. The normalized spacial score (nSPS) is 42.1. The van der Waals surface area contributed by atoms with Gasteiger partial charge in [0, 0.05) is 0 Å². The molecule has 0 aromatic rings. The zero-order valence-electron chi connectivity index (χ0n) is 10.5. The number of rotatable bonds is 1. The van der Waals surface area contributed by atoms with E-state index in [2.05, 4.69) is 9.47 Å². The van der Waals surface area contributed by atoms with E-state index in [1.54, 1.807) is 0 Å². The summed E-state index contributed by atoms with van der Waals surface area (Å²) < 4.78 is 9.24. The van der Waals surface area contributed by atoms with Crippen LogP contribution in [-0.4, -0.2) is 23.9 Å². The third kappa shape index (κ3) is 1.86. The van der Waals surface area contributed by atoms with Gasteiger partial charge < -0.3 is 9.47 Å². The van der Waals surface area contributed by atoms with Gasteiger partial charge in [0.05, 0.1) is 24.2 Å². The Balaban J connectivity index is 1.80. The summed E-state index contributed by atoms with van der Waals surface area (Å²) in [5.41, 5.74) is 0. The van der Waals surface area contributed by atoms with Crippen LogP contribution in [0.15, 0.2) is 0 Å². The molecule has 19 heavy (non-hydrogen) atoms. The van der Waals surface area contributed by atoms with Crippen LogP contribution in [0.2, 0.25) is 0 Å². The van der Waals surface area contributed by atoms with E-state index in [9.17, 15) is 19.2 Å². The summed E-state index contributed by atoms with van der Waals surface area (Å²) in [6.45, 7) is 1.88. The van der Waals surface area contributed by atoms with E-state index < -0.39 is 41.6 Å². The second kappa shape index (κ2) is 4.15. The van der Waals surface area contributed by atoms with Crippen LogP contribution in [-0.2, 0) is 28.7 Å². The summed E-state index contributed by atoms with van der Waals surface area (Å²) in [5.74, 6) is -3.40. The molecule has 0 aromatic heterocycles. The highest BCUT2D eigenvalue weighted by Crippen LogP contribution is 2.46. The minimum atomic E-state index is -0.505. The molecule has 2 saturated heterocycles. The summed E-state index contributed by atoms with van der Waals surface area (Å²) in [5, 5.41) is 0. The largest absolute Gasteiger partial charge is 0.393 e. The van der Waals surface area contributed by atoms with Crippen molar-refractivity contribution in [3.05, 3.63) is 0 Å². The molecule has 3 aliphatic rings. The van der Waals surface area contributed by atoms with E-state index in [1.807, 2.05) is 6.92 Å². The Morgan fingerprint density at radius 1 is 0.895 bits per heavy atom. The van der Waals surface area contributed by atoms with Gasteiger partial charge in [-0.15, -0.1) is 0 Å². The zero-order valence-corrected chi connectivity index (χ0v) is 10.5. The second-order valence-corrected chi connectivity index (χ2v) is 5.68. The minimum absolute atomic E-state index is 0.0220. The molecule has 0 amide bonds.